The van der Waals surface area contributed by atoms with Crippen molar-refractivity contribution in [2.75, 3.05) is 18.0 Å². The minimum Gasteiger partial charge on any atom is -0.380 e. The van der Waals surface area contributed by atoms with E-state index in [1.165, 1.54) is 0 Å². The Labute approximate surface area is 137 Å². The van der Waals surface area contributed by atoms with E-state index in [4.69, 9.17) is 0 Å². The van der Waals surface area contributed by atoms with Gasteiger partial charge in [-0.3, -0.25) is 0 Å². The molecular weight excluding hydrogens is 312 g/mol. The molecule has 0 amide bonds. The normalized spacial score (nSPS) is 16.4. The average molecular weight is 328 g/mol. The van der Waals surface area contributed by atoms with Gasteiger partial charge in [0.25, 0.3) is 0 Å². The first-order chi connectivity index (χ1) is 11.0. The van der Waals surface area contributed by atoms with Crippen molar-refractivity contribution in [2.24, 2.45) is 7.05 Å². The van der Waals surface area contributed by atoms with Crippen LogP contribution >= 0.6 is 11.3 Å². The molecule has 1 fully saturated rings. The van der Waals surface area contributed by atoms with Crippen molar-refractivity contribution in [3.8, 4) is 10.7 Å². The van der Waals surface area contributed by atoms with Gasteiger partial charge in [-0.05, 0) is 18.4 Å². The van der Waals surface area contributed by atoms with Crippen molar-refractivity contribution < 1.29 is 5.11 Å². The van der Waals surface area contributed by atoms with Gasteiger partial charge in [0.05, 0.1) is 29.9 Å². The fraction of sp³-hybridized carbons (Fsp3) is 0.333. The predicted molar refractivity (Wildman–Crippen MR) is 87.2 cm³/mol. The molecule has 0 atom stereocenters. The van der Waals surface area contributed by atoms with E-state index in [-0.39, 0.29) is 0 Å². The lowest BCUT2D eigenvalue weighted by atomic mass is 9.90. The molecule has 1 N–H and O–H groups in total. The Hall–Kier alpha value is -2.32. The van der Waals surface area contributed by atoms with Crippen molar-refractivity contribution >= 4 is 17.2 Å². The summed E-state index contributed by atoms with van der Waals surface area (Å²) in [5.74, 6) is 1.56. The molecule has 3 aromatic heterocycles. The van der Waals surface area contributed by atoms with E-state index in [0.717, 1.165) is 27.9 Å². The van der Waals surface area contributed by atoms with Crippen LogP contribution in [0.25, 0.3) is 10.7 Å². The average Bonchev–Trinajstić information content (AvgIpc) is 3.14. The number of hydrogen-bond donors (Lipinski definition) is 1. The SMILES string of the molecule is Cc1cc(N2CC(O)(c3cnnn3C)C2)nc(-c2cccs2)n1. The van der Waals surface area contributed by atoms with Crippen LogP contribution in [0.1, 0.15) is 11.4 Å². The van der Waals surface area contributed by atoms with Crippen molar-refractivity contribution in [2.45, 2.75) is 12.5 Å². The maximum Gasteiger partial charge on any atom is 0.171 e. The fourth-order valence-corrected chi connectivity index (χ4v) is 3.51. The molecule has 1 aliphatic heterocycles. The van der Waals surface area contributed by atoms with Gasteiger partial charge in [0, 0.05) is 18.8 Å². The van der Waals surface area contributed by atoms with Crippen LogP contribution < -0.4 is 4.90 Å². The maximum atomic E-state index is 10.7. The summed E-state index contributed by atoms with van der Waals surface area (Å²) in [4.78, 5) is 12.2. The highest BCUT2D eigenvalue weighted by Crippen LogP contribution is 2.35. The summed E-state index contributed by atoms with van der Waals surface area (Å²) in [6.45, 7) is 2.89. The minimum absolute atomic E-state index is 0.467. The number of anilines is 1. The first-order valence-electron chi connectivity index (χ1n) is 7.27. The Balaban J connectivity index is 1.60. The van der Waals surface area contributed by atoms with E-state index in [1.807, 2.05) is 35.4 Å². The third-order valence-corrected chi connectivity index (χ3v) is 4.87. The molecule has 23 heavy (non-hydrogen) atoms. The lowest BCUT2D eigenvalue weighted by Gasteiger charge is -2.46. The van der Waals surface area contributed by atoms with Crippen LogP contribution in [0.15, 0.2) is 29.8 Å². The van der Waals surface area contributed by atoms with Crippen LogP contribution in [0, 0.1) is 6.92 Å². The van der Waals surface area contributed by atoms with Crippen molar-refractivity contribution in [3.05, 3.63) is 41.2 Å². The fourth-order valence-electron chi connectivity index (χ4n) is 2.85. The van der Waals surface area contributed by atoms with Crippen LogP contribution in [0.5, 0.6) is 0 Å². The summed E-state index contributed by atoms with van der Waals surface area (Å²) in [5, 5.41) is 20.5. The number of hydrogen-bond acceptors (Lipinski definition) is 7. The number of rotatable bonds is 3. The highest BCUT2D eigenvalue weighted by atomic mass is 32.1. The van der Waals surface area contributed by atoms with E-state index in [9.17, 15) is 5.11 Å². The summed E-state index contributed by atoms with van der Waals surface area (Å²) in [6.07, 6.45) is 1.61. The summed E-state index contributed by atoms with van der Waals surface area (Å²) >= 11 is 1.62. The molecule has 0 aliphatic carbocycles. The second kappa shape index (κ2) is 5.10. The zero-order chi connectivity index (χ0) is 16.0. The Bertz CT molecular complexity index is 838. The van der Waals surface area contributed by atoms with E-state index in [0.29, 0.717) is 13.1 Å². The van der Waals surface area contributed by atoms with E-state index in [2.05, 4.69) is 20.3 Å². The topological polar surface area (TPSA) is 80.0 Å². The molecule has 4 rings (SSSR count). The second-order valence-corrected chi connectivity index (χ2v) is 6.75. The molecule has 0 spiro atoms. The Kier molecular flexibility index (Phi) is 3.17. The van der Waals surface area contributed by atoms with Crippen molar-refractivity contribution in [1.29, 1.82) is 0 Å². The highest BCUT2D eigenvalue weighted by molar-refractivity contribution is 7.13. The largest absolute Gasteiger partial charge is 0.380 e. The van der Waals surface area contributed by atoms with Crippen LogP contribution in [0.4, 0.5) is 5.82 Å². The number of aromatic nitrogens is 5. The Morgan fingerprint density at radius 3 is 2.78 bits per heavy atom. The molecule has 8 heteroatoms. The molecule has 0 aromatic carbocycles. The standard InChI is InChI=1S/C15H16N6OS/c1-10-6-13(18-14(17-10)11-4-3-5-23-11)21-8-15(22,9-21)12-7-16-19-20(12)2/h3-7,22H,8-9H2,1-2H3. The molecule has 118 valence electrons. The lowest BCUT2D eigenvalue weighted by molar-refractivity contribution is -0.000507. The van der Waals surface area contributed by atoms with Crippen molar-refractivity contribution in [1.82, 2.24) is 25.0 Å². The monoisotopic (exact) mass is 328 g/mol. The van der Waals surface area contributed by atoms with Gasteiger partial charge in [-0.25, -0.2) is 14.6 Å². The molecule has 4 heterocycles. The van der Waals surface area contributed by atoms with Crippen LogP contribution in [-0.4, -0.2) is 43.2 Å². The zero-order valence-electron chi connectivity index (χ0n) is 12.8. The predicted octanol–water partition coefficient (Wildman–Crippen LogP) is 1.35. The number of thiophene rings is 1. The van der Waals surface area contributed by atoms with Gasteiger partial charge in [-0.2, -0.15) is 0 Å². The number of aliphatic hydroxyl groups is 1. The number of β-amino-alcohol motifs (C(OH)–C–C–N with tert-alkyl or cyclic N) is 1. The Morgan fingerprint density at radius 2 is 2.13 bits per heavy atom. The first-order valence-corrected chi connectivity index (χ1v) is 8.15. The van der Waals surface area contributed by atoms with Crippen LogP contribution in [-0.2, 0) is 12.6 Å². The summed E-state index contributed by atoms with van der Waals surface area (Å²) in [5.41, 5.74) is 0.703. The summed E-state index contributed by atoms with van der Waals surface area (Å²) in [6, 6.07) is 5.94. The van der Waals surface area contributed by atoms with Gasteiger partial charge >= 0.3 is 0 Å². The third-order valence-electron chi connectivity index (χ3n) is 4.00. The molecule has 0 unspecified atom stereocenters. The quantitative estimate of drug-likeness (QED) is 0.782. The van der Waals surface area contributed by atoms with E-state index < -0.39 is 5.60 Å². The van der Waals surface area contributed by atoms with E-state index >= 15 is 0 Å². The summed E-state index contributed by atoms with van der Waals surface area (Å²) < 4.78 is 1.61. The summed E-state index contributed by atoms with van der Waals surface area (Å²) in [7, 11) is 1.78. The maximum absolute atomic E-state index is 10.7. The molecule has 0 radical (unpaired) electrons. The molecule has 0 bridgehead atoms. The molecule has 3 aromatic rings. The van der Waals surface area contributed by atoms with Gasteiger partial charge in [0.1, 0.15) is 11.4 Å². The highest BCUT2D eigenvalue weighted by Gasteiger charge is 2.45. The lowest BCUT2D eigenvalue weighted by Crippen LogP contribution is -2.60. The van der Waals surface area contributed by atoms with Gasteiger partial charge < -0.3 is 10.0 Å². The van der Waals surface area contributed by atoms with Crippen LogP contribution in [0.3, 0.4) is 0 Å². The van der Waals surface area contributed by atoms with Crippen LogP contribution in [0.2, 0.25) is 0 Å². The third kappa shape index (κ3) is 2.40. The van der Waals surface area contributed by atoms with Gasteiger partial charge in [-0.15, -0.1) is 16.4 Å². The van der Waals surface area contributed by atoms with Crippen molar-refractivity contribution in [3.63, 3.8) is 0 Å². The zero-order valence-corrected chi connectivity index (χ0v) is 13.7. The second-order valence-electron chi connectivity index (χ2n) is 5.80. The Morgan fingerprint density at radius 1 is 1.30 bits per heavy atom. The van der Waals surface area contributed by atoms with E-state index in [1.54, 1.807) is 29.3 Å². The van der Waals surface area contributed by atoms with Gasteiger partial charge in [-0.1, -0.05) is 11.3 Å². The van der Waals surface area contributed by atoms with Gasteiger partial charge in [0.15, 0.2) is 5.82 Å². The first kappa shape index (κ1) is 14.3. The molecule has 0 saturated carbocycles. The molecule has 7 nitrogen and oxygen atoms in total. The van der Waals surface area contributed by atoms with Gasteiger partial charge in [0.2, 0.25) is 0 Å². The minimum atomic E-state index is -0.930. The number of nitrogens with zero attached hydrogens (tertiary/aromatic N) is 6. The number of aryl methyl sites for hydroxylation is 2. The smallest absolute Gasteiger partial charge is 0.171 e. The molecule has 1 saturated heterocycles. The molecular formula is C15H16N6OS. The molecule has 1 aliphatic rings.